The molecule has 4 N–H and O–H groups in total. The van der Waals surface area contributed by atoms with Gasteiger partial charge in [0.05, 0.1) is 6.61 Å². The van der Waals surface area contributed by atoms with Crippen LogP contribution in [0.15, 0.2) is 48.5 Å². The topological polar surface area (TPSA) is 117 Å². The molecule has 0 unspecified atom stereocenters. The van der Waals surface area contributed by atoms with E-state index in [9.17, 15) is 14.4 Å². The van der Waals surface area contributed by atoms with Gasteiger partial charge in [0.25, 0.3) is 11.8 Å². The van der Waals surface area contributed by atoms with E-state index in [4.69, 9.17) is 9.84 Å². The fraction of sp³-hybridized carbons (Fsp3) is 0.286. The highest BCUT2D eigenvalue weighted by molar-refractivity contribution is 6.05. The molecule has 154 valence electrons. The Bertz CT molecular complexity index is 855. The predicted molar refractivity (Wildman–Crippen MR) is 109 cm³/mol. The zero-order valence-corrected chi connectivity index (χ0v) is 16.4. The summed E-state index contributed by atoms with van der Waals surface area (Å²) in [5.74, 6) is -1.53. The molecule has 0 aliphatic rings. The Kier molecular flexibility index (Phi) is 8.17. The van der Waals surface area contributed by atoms with Crippen LogP contribution >= 0.6 is 0 Å². The molecule has 8 heteroatoms. The largest absolute Gasteiger partial charge is 0.493 e. The Labute approximate surface area is 169 Å². The van der Waals surface area contributed by atoms with Crippen LogP contribution in [0.25, 0.3) is 0 Å². The molecule has 2 aromatic carbocycles. The summed E-state index contributed by atoms with van der Waals surface area (Å²) in [7, 11) is 0. The molecule has 2 aromatic rings. The van der Waals surface area contributed by atoms with E-state index in [0.717, 1.165) is 12.8 Å². The normalized spacial score (nSPS) is 11.4. The molecule has 0 aliphatic carbocycles. The van der Waals surface area contributed by atoms with Gasteiger partial charge in [-0.1, -0.05) is 31.5 Å². The van der Waals surface area contributed by atoms with Crippen molar-refractivity contribution in [2.24, 2.45) is 0 Å². The molecule has 0 bridgehead atoms. The molecule has 0 fully saturated rings. The van der Waals surface area contributed by atoms with Gasteiger partial charge < -0.3 is 15.2 Å². The fourth-order valence-electron chi connectivity index (χ4n) is 2.32. The maximum atomic E-state index is 12.4. The van der Waals surface area contributed by atoms with Crippen molar-refractivity contribution in [3.8, 4) is 5.75 Å². The number of unbranched alkanes of at least 4 members (excludes halogenated alkanes) is 1. The molecule has 29 heavy (non-hydrogen) atoms. The summed E-state index contributed by atoms with van der Waals surface area (Å²) < 4.78 is 5.68. The van der Waals surface area contributed by atoms with Crippen molar-refractivity contribution in [1.29, 1.82) is 0 Å². The third-order valence-corrected chi connectivity index (χ3v) is 4.00. The molecule has 0 saturated heterocycles. The van der Waals surface area contributed by atoms with Crippen LogP contribution in [0.3, 0.4) is 0 Å². The molecular weight excluding hydrogens is 374 g/mol. The highest BCUT2D eigenvalue weighted by Crippen LogP contribution is 2.22. The van der Waals surface area contributed by atoms with Gasteiger partial charge >= 0.3 is 5.97 Å². The van der Waals surface area contributed by atoms with E-state index in [2.05, 4.69) is 16.2 Å². The molecule has 0 aliphatic heterocycles. The van der Waals surface area contributed by atoms with Crippen LogP contribution in [-0.4, -0.2) is 35.5 Å². The highest BCUT2D eigenvalue weighted by atomic mass is 16.5. The standard InChI is InChI=1S/C21H25N3O5/c1-3-4-10-29-18-12-16(20(26)24-23-14(2)21(27)28)11-17(13-18)22-19(25)15-8-6-5-7-9-15/h5-9,11-14,23H,3-4,10H2,1-2H3,(H,22,25)(H,24,26)(H,27,28)/t14-/m0/s1. The number of anilines is 1. The first-order valence-electron chi connectivity index (χ1n) is 9.33. The number of hydrazine groups is 1. The lowest BCUT2D eigenvalue weighted by Crippen LogP contribution is -2.46. The van der Waals surface area contributed by atoms with E-state index >= 15 is 0 Å². The zero-order valence-electron chi connectivity index (χ0n) is 16.4. The van der Waals surface area contributed by atoms with E-state index in [-0.39, 0.29) is 11.5 Å². The first-order valence-corrected chi connectivity index (χ1v) is 9.33. The third-order valence-electron chi connectivity index (χ3n) is 4.00. The molecule has 2 amide bonds. The summed E-state index contributed by atoms with van der Waals surface area (Å²) in [6, 6.07) is 12.4. The second kappa shape index (κ2) is 10.8. The Hall–Kier alpha value is -3.39. The quantitative estimate of drug-likeness (QED) is 0.361. The summed E-state index contributed by atoms with van der Waals surface area (Å²) in [6.45, 7) is 3.91. The highest BCUT2D eigenvalue weighted by Gasteiger charge is 2.15. The zero-order chi connectivity index (χ0) is 21.2. The molecule has 0 radical (unpaired) electrons. The number of hydrogen-bond acceptors (Lipinski definition) is 5. The first-order chi connectivity index (χ1) is 13.9. The Morgan fingerprint density at radius 3 is 2.41 bits per heavy atom. The van der Waals surface area contributed by atoms with E-state index in [1.54, 1.807) is 30.3 Å². The number of carboxylic acid groups (broad SMARTS) is 1. The minimum atomic E-state index is -1.10. The van der Waals surface area contributed by atoms with Gasteiger partial charge in [-0.05, 0) is 37.6 Å². The summed E-state index contributed by atoms with van der Waals surface area (Å²) in [5.41, 5.74) is 5.85. The molecule has 1 atom stereocenters. The maximum absolute atomic E-state index is 12.4. The SMILES string of the molecule is CCCCOc1cc(NC(=O)c2ccccc2)cc(C(=O)NN[C@@H](C)C(=O)O)c1. The number of carbonyl (C=O) groups is 3. The molecule has 2 rings (SSSR count). The van der Waals surface area contributed by atoms with Gasteiger partial charge in [-0.2, -0.15) is 0 Å². The van der Waals surface area contributed by atoms with E-state index < -0.39 is 17.9 Å². The number of hydrogen-bond donors (Lipinski definition) is 4. The van der Waals surface area contributed by atoms with Crippen LogP contribution in [-0.2, 0) is 4.79 Å². The van der Waals surface area contributed by atoms with Crippen molar-refractivity contribution < 1.29 is 24.2 Å². The van der Waals surface area contributed by atoms with Gasteiger partial charge in [0.1, 0.15) is 11.8 Å². The summed E-state index contributed by atoms with van der Waals surface area (Å²) in [5, 5.41) is 11.7. The number of aliphatic carboxylic acids is 1. The monoisotopic (exact) mass is 399 g/mol. The minimum Gasteiger partial charge on any atom is -0.493 e. The van der Waals surface area contributed by atoms with Crippen LogP contribution < -0.4 is 20.9 Å². The van der Waals surface area contributed by atoms with Gasteiger partial charge in [0.2, 0.25) is 0 Å². The lowest BCUT2D eigenvalue weighted by molar-refractivity contribution is -0.139. The Morgan fingerprint density at radius 2 is 1.76 bits per heavy atom. The average Bonchev–Trinajstić information content (AvgIpc) is 2.72. The molecule has 0 spiro atoms. The summed E-state index contributed by atoms with van der Waals surface area (Å²) >= 11 is 0. The Morgan fingerprint density at radius 1 is 1.03 bits per heavy atom. The van der Waals surface area contributed by atoms with E-state index in [1.165, 1.54) is 19.1 Å². The first kappa shape index (κ1) is 21.9. The number of carbonyl (C=O) groups excluding carboxylic acids is 2. The lowest BCUT2D eigenvalue weighted by atomic mass is 10.1. The van der Waals surface area contributed by atoms with Crippen LogP contribution in [0.4, 0.5) is 5.69 Å². The number of amides is 2. The number of ether oxygens (including phenoxy) is 1. The predicted octanol–water partition coefficient (Wildman–Crippen LogP) is 2.83. The Balaban J connectivity index is 2.19. The second-order valence-electron chi connectivity index (χ2n) is 6.43. The van der Waals surface area contributed by atoms with Gasteiger partial charge in [-0.15, -0.1) is 0 Å². The van der Waals surface area contributed by atoms with E-state index in [1.807, 2.05) is 13.0 Å². The van der Waals surface area contributed by atoms with Crippen LogP contribution in [0.1, 0.15) is 47.4 Å². The van der Waals surface area contributed by atoms with Gasteiger partial charge in [0.15, 0.2) is 0 Å². The van der Waals surface area contributed by atoms with Crippen molar-refractivity contribution in [1.82, 2.24) is 10.9 Å². The summed E-state index contributed by atoms with van der Waals surface area (Å²) in [6.07, 6.45) is 1.80. The van der Waals surface area contributed by atoms with Crippen molar-refractivity contribution in [3.63, 3.8) is 0 Å². The van der Waals surface area contributed by atoms with Gasteiger partial charge in [0, 0.05) is 22.9 Å². The second-order valence-corrected chi connectivity index (χ2v) is 6.43. The minimum absolute atomic E-state index is 0.215. The lowest BCUT2D eigenvalue weighted by Gasteiger charge is -2.14. The molecule has 0 saturated carbocycles. The average molecular weight is 399 g/mol. The summed E-state index contributed by atoms with van der Waals surface area (Å²) in [4.78, 5) is 35.7. The number of nitrogens with one attached hydrogen (secondary N) is 3. The number of carboxylic acids is 1. The number of rotatable bonds is 10. The van der Waals surface area contributed by atoms with Crippen molar-refractivity contribution >= 4 is 23.5 Å². The van der Waals surface area contributed by atoms with E-state index in [0.29, 0.717) is 23.6 Å². The number of benzene rings is 2. The van der Waals surface area contributed by atoms with Gasteiger partial charge in [-0.3, -0.25) is 19.8 Å². The van der Waals surface area contributed by atoms with Crippen LogP contribution in [0.5, 0.6) is 5.75 Å². The van der Waals surface area contributed by atoms with Crippen LogP contribution in [0.2, 0.25) is 0 Å². The van der Waals surface area contributed by atoms with Crippen LogP contribution in [0, 0.1) is 0 Å². The third kappa shape index (κ3) is 6.93. The van der Waals surface area contributed by atoms with Crippen molar-refractivity contribution in [3.05, 3.63) is 59.7 Å². The molecule has 0 aromatic heterocycles. The van der Waals surface area contributed by atoms with Crippen molar-refractivity contribution in [2.45, 2.75) is 32.7 Å². The van der Waals surface area contributed by atoms with Crippen molar-refractivity contribution in [2.75, 3.05) is 11.9 Å². The smallest absolute Gasteiger partial charge is 0.322 e. The molecule has 8 nitrogen and oxygen atoms in total. The molecular formula is C21H25N3O5. The maximum Gasteiger partial charge on any atom is 0.322 e. The fourth-order valence-corrected chi connectivity index (χ4v) is 2.32. The molecule has 0 heterocycles. The van der Waals surface area contributed by atoms with Gasteiger partial charge in [-0.25, -0.2) is 5.43 Å².